The maximum absolute atomic E-state index is 5.03. The van der Waals surface area contributed by atoms with E-state index in [9.17, 15) is 0 Å². The molecule has 1 rings (SSSR count). The van der Waals surface area contributed by atoms with Crippen LogP contribution in [0, 0.1) is 0 Å². The van der Waals surface area contributed by atoms with Crippen molar-refractivity contribution in [1.82, 2.24) is 25.7 Å². The normalized spacial score (nSPS) is 13.0. The van der Waals surface area contributed by atoms with E-state index in [0.717, 1.165) is 0 Å². The molecular weight excluding hydrogens is 320 g/mol. The van der Waals surface area contributed by atoms with E-state index in [1.807, 2.05) is 31.0 Å². The number of hydrogen-bond donors (Lipinski definition) is 3. The molecule has 10 heteroatoms. The first kappa shape index (κ1) is 18.1. The summed E-state index contributed by atoms with van der Waals surface area (Å²) < 4.78 is 1.84. The fourth-order valence-electron chi connectivity index (χ4n) is 1.39. The summed E-state index contributed by atoms with van der Waals surface area (Å²) in [5.74, 6) is 0. The second-order valence-corrected chi connectivity index (χ2v) is 5.32. The minimum absolute atomic E-state index is 0.411. The highest BCUT2D eigenvalue weighted by atomic mass is 32.2. The lowest BCUT2D eigenvalue weighted by Gasteiger charge is -2.07. The van der Waals surface area contributed by atoms with Crippen LogP contribution < -0.4 is 16.2 Å². The van der Waals surface area contributed by atoms with Crippen molar-refractivity contribution < 1.29 is 0 Å². The molecule has 1 aromatic heterocycles. The molecule has 0 atom stereocenters. The molecule has 0 bridgehead atoms. The first-order valence-electron chi connectivity index (χ1n) is 6.37. The van der Waals surface area contributed by atoms with Gasteiger partial charge >= 0.3 is 0 Å². The first-order valence-corrected chi connectivity index (χ1v) is 8.00. The van der Waals surface area contributed by atoms with Crippen molar-refractivity contribution in [2.24, 2.45) is 22.2 Å². The number of hydrazone groups is 2. The summed E-state index contributed by atoms with van der Waals surface area (Å²) in [6.45, 7) is 1.83. The highest BCUT2D eigenvalue weighted by molar-refractivity contribution is 8.13. The van der Waals surface area contributed by atoms with E-state index < -0.39 is 0 Å². The Hall–Kier alpha value is -1.94. The van der Waals surface area contributed by atoms with E-state index in [0.29, 0.717) is 27.4 Å². The fraction of sp³-hybridized carbons (Fsp3) is 0.417. The predicted octanol–water partition coefficient (Wildman–Crippen LogP) is 0.532. The third-order valence-electron chi connectivity index (χ3n) is 2.50. The summed E-state index contributed by atoms with van der Waals surface area (Å²) in [7, 11) is 5.31. The van der Waals surface area contributed by atoms with Gasteiger partial charge < -0.3 is 9.88 Å². The molecule has 0 spiro atoms. The zero-order valence-electron chi connectivity index (χ0n) is 13.2. The van der Waals surface area contributed by atoms with Crippen molar-refractivity contribution in [2.75, 3.05) is 20.4 Å². The van der Waals surface area contributed by atoms with E-state index in [1.54, 1.807) is 20.4 Å². The molecule has 1 aromatic rings. The minimum atomic E-state index is 0.411. The molecule has 0 aliphatic carbocycles. The monoisotopic (exact) mass is 340 g/mol. The van der Waals surface area contributed by atoms with Crippen LogP contribution in [-0.4, -0.2) is 51.6 Å². The summed E-state index contributed by atoms with van der Waals surface area (Å²) >= 11 is 6.50. The maximum Gasteiger partial charge on any atom is 0.186 e. The summed E-state index contributed by atoms with van der Waals surface area (Å²) in [6.07, 6.45) is 5.47. The number of nitrogens with zero attached hydrogens (tertiary/aromatic N) is 5. The Bertz CT molecular complexity index is 602. The molecule has 0 radical (unpaired) electrons. The zero-order chi connectivity index (χ0) is 16.5. The highest BCUT2D eigenvalue weighted by Crippen LogP contribution is 2.01. The second-order valence-electron chi connectivity index (χ2n) is 4.12. The van der Waals surface area contributed by atoms with Crippen molar-refractivity contribution in [1.29, 1.82) is 0 Å². The molecule has 0 unspecified atom stereocenters. The van der Waals surface area contributed by atoms with Gasteiger partial charge in [-0.25, -0.2) is 4.98 Å². The number of rotatable bonds is 4. The molecule has 0 aromatic carbocycles. The van der Waals surface area contributed by atoms with Crippen molar-refractivity contribution in [3.63, 3.8) is 0 Å². The summed E-state index contributed by atoms with van der Waals surface area (Å²) in [5.41, 5.74) is 7.57. The SMILES string of the molecule is CN=C(N/N=C(C)/C(=N/NC(=S)NC)c1cn(C)cn1)SC. The molecule has 120 valence electrons. The molecule has 8 nitrogen and oxygen atoms in total. The van der Waals surface area contributed by atoms with Gasteiger partial charge in [0.05, 0.1) is 12.0 Å². The van der Waals surface area contributed by atoms with Crippen molar-refractivity contribution in [2.45, 2.75) is 6.92 Å². The number of hydrogen-bond acceptors (Lipinski definition) is 6. The molecule has 0 amide bonds. The Balaban J connectivity index is 3.04. The Kier molecular flexibility index (Phi) is 7.54. The molecular formula is C12H20N8S2. The topological polar surface area (TPSA) is 91.0 Å². The van der Waals surface area contributed by atoms with E-state index in [-0.39, 0.29) is 0 Å². The van der Waals surface area contributed by atoms with Crippen LogP contribution in [-0.2, 0) is 7.05 Å². The van der Waals surface area contributed by atoms with Crippen LogP contribution >= 0.6 is 24.0 Å². The third kappa shape index (κ3) is 5.45. The van der Waals surface area contributed by atoms with Gasteiger partial charge in [-0.15, -0.1) is 0 Å². The molecule has 0 saturated heterocycles. The number of imidazole rings is 1. The largest absolute Gasteiger partial charge is 0.364 e. The van der Waals surface area contributed by atoms with Gasteiger partial charge in [0.1, 0.15) is 11.4 Å². The van der Waals surface area contributed by atoms with Crippen LogP contribution in [0.2, 0.25) is 0 Å². The predicted molar refractivity (Wildman–Crippen MR) is 97.7 cm³/mol. The van der Waals surface area contributed by atoms with Gasteiger partial charge in [0, 0.05) is 27.3 Å². The number of aromatic nitrogens is 2. The fourth-order valence-corrected chi connectivity index (χ4v) is 1.76. The van der Waals surface area contributed by atoms with Crippen LogP contribution in [0.25, 0.3) is 0 Å². The van der Waals surface area contributed by atoms with Crippen molar-refractivity contribution >= 4 is 45.7 Å². The lowest BCUT2D eigenvalue weighted by molar-refractivity contribution is 0.913. The van der Waals surface area contributed by atoms with Crippen LogP contribution in [0.1, 0.15) is 12.6 Å². The van der Waals surface area contributed by atoms with Gasteiger partial charge in [-0.3, -0.25) is 15.8 Å². The molecule has 22 heavy (non-hydrogen) atoms. The Morgan fingerprint density at radius 2 is 2.09 bits per heavy atom. The summed E-state index contributed by atoms with van der Waals surface area (Å²) in [4.78, 5) is 8.35. The Labute approximate surface area is 139 Å². The minimum Gasteiger partial charge on any atom is -0.364 e. The lowest BCUT2D eigenvalue weighted by Crippen LogP contribution is -2.31. The smallest absolute Gasteiger partial charge is 0.186 e. The highest BCUT2D eigenvalue weighted by Gasteiger charge is 2.12. The third-order valence-corrected chi connectivity index (χ3v) is 3.46. The van der Waals surface area contributed by atoms with Crippen molar-refractivity contribution in [3.05, 3.63) is 18.2 Å². The van der Waals surface area contributed by atoms with E-state index >= 15 is 0 Å². The van der Waals surface area contributed by atoms with Crippen LogP contribution in [0.15, 0.2) is 27.7 Å². The van der Waals surface area contributed by atoms with Gasteiger partial charge in [-0.2, -0.15) is 10.2 Å². The average molecular weight is 340 g/mol. The number of thiocarbonyl (C=S) groups is 1. The van der Waals surface area contributed by atoms with Crippen LogP contribution in [0.4, 0.5) is 0 Å². The standard InChI is InChI=1S/C12H20N8S2/c1-8(16-19-12(14-3)22-5)10(17-18-11(21)13-2)9-6-20(4)7-15-9/h6-7H,1-5H3,(H,14,19)(H2,13,18,21)/b16-8+,17-10-. The number of amidine groups is 1. The summed E-state index contributed by atoms with van der Waals surface area (Å²) in [6, 6.07) is 0. The van der Waals surface area contributed by atoms with Gasteiger partial charge in [0.2, 0.25) is 0 Å². The van der Waals surface area contributed by atoms with E-state index in [4.69, 9.17) is 12.2 Å². The van der Waals surface area contributed by atoms with Gasteiger partial charge in [-0.1, -0.05) is 11.8 Å². The number of thioether (sulfide) groups is 1. The molecule has 0 aliphatic heterocycles. The van der Waals surface area contributed by atoms with E-state index in [2.05, 4.69) is 36.3 Å². The number of aryl methyl sites for hydroxylation is 1. The first-order chi connectivity index (χ1) is 10.5. The van der Waals surface area contributed by atoms with Crippen LogP contribution in [0.3, 0.4) is 0 Å². The summed E-state index contributed by atoms with van der Waals surface area (Å²) in [5, 5.41) is 12.5. The molecule has 0 saturated carbocycles. The molecule has 0 aliphatic rings. The lowest BCUT2D eigenvalue weighted by atomic mass is 10.2. The molecule has 3 N–H and O–H groups in total. The zero-order valence-corrected chi connectivity index (χ0v) is 14.8. The second kappa shape index (κ2) is 9.15. The van der Waals surface area contributed by atoms with E-state index in [1.165, 1.54) is 11.8 Å². The number of nitrogens with one attached hydrogen (secondary N) is 3. The molecule has 1 heterocycles. The van der Waals surface area contributed by atoms with Gasteiger partial charge in [0.25, 0.3) is 0 Å². The molecule has 0 fully saturated rings. The van der Waals surface area contributed by atoms with Gasteiger partial charge in [0.15, 0.2) is 10.3 Å². The Morgan fingerprint density at radius 1 is 1.36 bits per heavy atom. The van der Waals surface area contributed by atoms with Crippen LogP contribution in [0.5, 0.6) is 0 Å². The van der Waals surface area contributed by atoms with Crippen molar-refractivity contribution in [3.8, 4) is 0 Å². The van der Waals surface area contributed by atoms with Gasteiger partial charge in [-0.05, 0) is 25.4 Å². The maximum atomic E-state index is 5.03. The Morgan fingerprint density at radius 3 is 2.59 bits per heavy atom. The number of aliphatic imine (C=N–C) groups is 1. The average Bonchev–Trinajstić information content (AvgIpc) is 2.94. The quantitative estimate of drug-likeness (QED) is 0.321.